The summed E-state index contributed by atoms with van der Waals surface area (Å²) in [5.74, 6) is 0. The van der Waals surface area contributed by atoms with E-state index in [1.54, 1.807) is 0 Å². The Morgan fingerprint density at radius 1 is 0.333 bits per heavy atom. The van der Waals surface area contributed by atoms with Crippen LogP contribution in [-0.4, -0.2) is 12.4 Å². The highest BCUT2D eigenvalue weighted by Gasteiger charge is 2.72. The largest absolute Gasteiger partial charge is 0.411 e. The lowest BCUT2D eigenvalue weighted by atomic mass is 9.72. The van der Waals surface area contributed by atoms with E-state index in [-0.39, 0.29) is 0 Å². The maximum atomic E-state index is 15.5. The van der Waals surface area contributed by atoms with Crippen LogP contribution in [0, 0.1) is 13.8 Å². The Labute approximate surface area is 326 Å². The fourth-order valence-corrected chi connectivity index (χ4v) is 7.75. The fraction of sp³-hybridized carbons (Fsp3) is 0.102. The zero-order valence-corrected chi connectivity index (χ0v) is 31.0. The Hall–Kier alpha value is -6.54. The summed E-state index contributed by atoms with van der Waals surface area (Å²) in [6.45, 7) is 3.87. The predicted molar refractivity (Wildman–Crippen MR) is 220 cm³/mol. The van der Waals surface area contributed by atoms with E-state index in [0.29, 0.717) is 22.7 Å². The Kier molecular flexibility index (Phi) is 9.52. The van der Waals surface area contributed by atoms with Gasteiger partial charge in [-0.05, 0) is 96.4 Å². The van der Waals surface area contributed by atoms with Crippen LogP contribution in [0.2, 0.25) is 0 Å². The number of rotatable bonds is 8. The van der Waals surface area contributed by atoms with Gasteiger partial charge >= 0.3 is 12.4 Å². The van der Waals surface area contributed by atoms with Crippen LogP contribution in [-0.2, 0) is 5.41 Å². The van der Waals surface area contributed by atoms with Crippen LogP contribution in [0.5, 0.6) is 0 Å². The van der Waals surface area contributed by atoms with Gasteiger partial charge in [0, 0.05) is 33.5 Å². The van der Waals surface area contributed by atoms with E-state index in [4.69, 9.17) is 0 Å². The SMILES string of the molecule is Cc1ccc(N(c2ccc(C(c3ccc(N(c4ccc(C)cc4)c4cccc5ccccc45)cc3)(C(F)(F)F)C(F)(F)F)cc2)c2cccc3ccccc23)cc1. The molecule has 8 rings (SSSR count). The molecule has 0 aliphatic heterocycles. The van der Waals surface area contributed by atoms with Gasteiger partial charge in [-0.15, -0.1) is 0 Å². The lowest BCUT2D eigenvalue weighted by molar-refractivity contribution is -0.288. The van der Waals surface area contributed by atoms with Gasteiger partial charge < -0.3 is 9.80 Å². The first-order valence-electron chi connectivity index (χ1n) is 18.4. The molecule has 0 aliphatic rings. The van der Waals surface area contributed by atoms with E-state index in [0.717, 1.165) is 68.3 Å². The van der Waals surface area contributed by atoms with Crippen LogP contribution in [0.15, 0.2) is 182 Å². The maximum Gasteiger partial charge on any atom is 0.411 e. The van der Waals surface area contributed by atoms with Crippen molar-refractivity contribution in [3.63, 3.8) is 0 Å². The molecule has 284 valence electrons. The normalized spacial score (nSPS) is 12.2. The third-order valence-corrected chi connectivity index (χ3v) is 10.6. The number of anilines is 6. The number of alkyl halides is 6. The van der Waals surface area contributed by atoms with Crippen LogP contribution < -0.4 is 9.80 Å². The molecular weight excluding hydrogens is 731 g/mol. The third-order valence-electron chi connectivity index (χ3n) is 10.6. The highest BCUT2D eigenvalue weighted by molar-refractivity contribution is 6.00. The summed E-state index contributed by atoms with van der Waals surface area (Å²) < 4.78 is 93.0. The molecule has 8 aromatic rings. The zero-order chi connectivity index (χ0) is 40.0. The summed E-state index contributed by atoms with van der Waals surface area (Å²) in [4.78, 5) is 3.69. The first-order valence-corrected chi connectivity index (χ1v) is 18.4. The number of benzene rings is 8. The van der Waals surface area contributed by atoms with E-state index >= 15 is 26.3 Å². The van der Waals surface area contributed by atoms with Crippen LogP contribution in [0.3, 0.4) is 0 Å². The van der Waals surface area contributed by atoms with Crippen LogP contribution in [0.4, 0.5) is 60.5 Å². The molecule has 0 heterocycles. The summed E-state index contributed by atoms with van der Waals surface area (Å²) in [6.07, 6.45) is -11.5. The Morgan fingerprint density at radius 3 is 0.965 bits per heavy atom. The van der Waals surface area contributed by atoms with Gasteiger partial charge in [0.15, 0.2) is 0 Å². The number of halogens is 6. The van der Waals surface area contributed by atoms with Gasteiger partial charge in [0.05, 0.1) is 11.4 Å². The summed E-state index contributed by atoms with van der Waals surface area (Å²) in [7, 11) is 0. The molecule has 0 saturated heterocycles. The van der Waals surface area contributed by atoms with E-state index < -0.39 is 28.9 Å². The van der Waals surface area contributed by atoms with Crippen molar-refractivity contribution in [3.05, 3.63) is 204 Å². The van der Waals surface area contributed by atoms with Crippen LogP contribution >= 0.6 is 0 Å². The molecule has 0 atom stereocenters. The molecule has 0 aromatic heterocycles. The first kappa shape index (κ1) is 37.4. The summed E-state index contributed by atoms with van der Waals surface area (Å²) in [5.41, 5.74) is -0.577. The van der Waals surface area contributed by atoms with Crippen molar-refractivity contribution in [3.8, 4) is 0 Å². The number of hydrogen-bond acceptors (Lipinski definition) is 2. The molecule has 0 N–H and O–H groups in total. The molecule has 0 aliphatic carbocycles. The topological polar surface area (TPSA) is 6.48 Å². The average molecular weight is 767 g/mol. The second-order valence-corrected chi connectivity index (χ2v) is 14.2. The van der Waals surface area contributed by atoms with Gasteiger partial charge in [-0.2, -0.15) is 26.3 Å². The first-order chi connectivity index (χ1) is 27.4. The molecule has 57 heavy (non-hydrogen) atoms. The van der Waals surface area contributed by atoms with E-state index in [2.05, 4.69) is 0 Å². The standard InChI is InChI=1S/C49H36F6N2/c1-33-17-25-39(26-18-33)56(45-15-7-11-35-9-3-5-13-43(35)45)41-29-21-37(22-30-41)47(48(50,51)52,49(53,54)55)38-23-31-42(32-24-38)57(40-27-19-34(2)20-28-40)46-16-8-12-36-10-4-6-14-44(36)46/h3-32H,1-2H3. The smallest absolute Gasteiger partial charge is 0.310 e. The summed E-state index contributed by atoms with van der Waals surface area (Å²) in [6, 6.07) is 51.0. The van der Waals surface area contributed by atoms with Gasteiger partial charge in [-0.3, -0.25) is 0 Å². The maximum absolute atomic E-state index is 15.5. The van der Waals surface area contributed by atoms with Gasteiger partial charge in [0.25, 0.3) is 0 Å². The lowest BCUT2D eigenvalue weighted by Crippen LogP contribution is -2.54. The van der Waals surface area contributed by atoms with E-state index in [9.17, 15) is 0 Å². The molecule has 0 spiro atoms. The lowest BCUT2D eigenvalue weighted by Gasteiger charge is -2.39. The summed E-state index contributed by atoms with van der Waals surface area (Å²) in [5, 5.41) is 3.60. The molecule has 0 amide bonds. The predicted octanol–water partition coefficient (Wildman–Crippen LogP) is 15.0. The second-order valence-electron chi connectivity index (χ2n) is 14.2. The number of aryl methyl sites for hydroxylation is 2. The molecule has 0 radical (unpaired) electrons. The van der Waals surface area contributed by atoms with Crippen molar-refractivity contribution >= 4 is 55.7 Å². The molecule has 0 saturated carbocycles. The van der Waals surface area contributed by atoms with Crippen molar-refractivity contribution in [2.24, 2.45) is 0 Å². The molecule has 0 unspecified atom stereocenters. The second kappa shape index (κ2) is 14.5. The Morgan fingerprint density at radius 2 is 0.632 bits per heavy atom. The third kappa shape index (κ3) is 6.65. The van der Waals surface area contributed by atoms with Crippen molar-refractivity contribution < 1.29 is 26.3 Å². The monoisotopic (exact) mass is 766 g/mol. The minimum absolute atomic E-state index is 0.399. The number of fused-ring (bicyclic) bond motifs is 2. The van der Waals surface area contributed by atoms with Crippen LogP contribution in [0.1, 0.15) is 22.3 Å². The minimum atomic E-state index is -5.76. The van der Waals surface area contributed by atoms with Gasteiger partial charge in [0.1, 0.15) is 0 Å². The molecule has 8 heteroatoms. The fourth-order valence-electron chi connectivity index (χ4n) is 7.75. The van der Waals surface area contributed by atoms with Crippen molar-refractivity contribution in [1.29, 1.82) is 0 Å². The van der Waals surface area contributed by atoms with Gasteiger partial charge in [0.2, 0.25) is 5.41 Å². The quantitative estimate of drug-likeness (QED) is 0.142. The molecule has 2 nitrogen and oxygen atoms in total. The van der Waals surface area contributed by atoms with E-state index in [1.165, 1.54) is 24.3 Å². The van der Waals surface area contributed by atoms with E-state index in [1.807, 2.05) is 157 Å². The molecule has 0 bridgehead atoms. The number of nitrogens with zero attached hydrogens (tertiary/aromatic N) is 2. The highest BCUT2D eigenvalue weighted by Crippen LogP contribution is 2.57. The molecular formula is C49H36F6N2. The van der Waals surface area contributed by atoms with Crippen LogP contribution in [0.25, 0.3) is 21.5 Å². The molecule has 0 fully saturated rings. The van der Waals surface area contributed by atoms with Gasteiger partial charge in [-0.25, -0.2) is 0 Å². The Bertz CT molecular complexity index is 2470. The minimum Gasteiger partial charge on any atom is -0.310 e. The average Bonchev–Trinajstić information content (AvgIpc) is 3.20. The van der Waals surface area contributed by atoms with Gasteiger partial charge in [-0.1, -0.05) is 132 Å². The highest BCUT2D eigenvalue weighted by atomic mass is 19.4. The summed E-state index contributed by atoms with van der Waals surface area (Å²) >= 11 is 0. The molecule has 8 aromatic carbocycles. The van der Waals surface area contributed by atoms with Crippen molar-refractivity contribution in [2.75, 3.05) is 9.80 Å². The Balaban J connectivity index is 1.27. The zero-order valence-electron chi connectivity index (χ0n) is 31.0. The van der Waals surface area contributed by atoms with Crippen molar-refractivity contribution in [1.82, 2.24) is 0 Å². The van der Waals surface area contributed by atoms with Crippen molar-refractivity contribution in [2.45, 2.75) is 31.6 Å². The number of hydrogen-bond donors (Lipinski definition) is 0.